The molecule has 0 aliphatic carbocycles. The minimum absolute atomic E-state index is 0.163. The second kappa shape index (κ2) is 5.06. The van der Waals surface area contributed by atoms with Gasteiger partial charge in [0.1, 0.15) is 5.58 Å². The molecule has 0 saturated carbocycles. The summed E-state index contributed by atoms with van der Waals surface area (Å²) < 4.78 is 6.68. The molecule has 0 fully saturated rings. The van der Waals surface area contributed by atoms with Gasteiger partial charge in [-0.3, -0.25) is 0 Å². The van der Waals surface area contributed by atoms with Crippen molar-refractivity contribution >= 4 is 26.9 Å². The van der Waals surface area contributed by atoms with Gasteiger partial charge in [-0.2, -0.15) is 0 Å². The highest BCUT2D eigenvalue weighted by molar-refractivity contribution is 9.10. The molecule has 0 unspecified atom stereocenters. The molecule has 1 heterocycles. The van der Waals surface area contributed by atoms with Gasteiger partial charge in [-0.05, 0) is 79.9 Å². The monoisotopic (exact) mass is 309 g/mol. The van der Waals surface area contributed by atoms with Gasteiger partial charge in [-0.1, -0.05) is 0 Å². The van der Waals surface area contributed by atoms with E-state index in [2.05, 4.69) is 61.1 Å². The molecule has 2 aromatic rings. The third-order valence-electron chi connectivity index (χ3n) is 2.90. The predicted molar refractivity (Wildman–Crippen MR) is 80.1 cm³/mol. The van der Waals surface area contributed by atoms with Crippen molar-refractivity contribution in [2.24, 2.45) is 0 Å². The minimum atomic E-state index is 0.163. The largest absolute Gasteiger partial charge is 0.463 e. The summed E-state index contributed by atoms with van der Waals surface area (Å²) in [6.45, 7) is 9.61. The molecule has 0 aliphatic rings. The lowest BCUT2D eigenvalue weighted by Gasteiger charge is -2.20. The second-order valence-electron chi connectivity index (χ2n) is 5.81. The zero-order valence-corrected chi connectivity index (χ0v) is 13.0. The summed E-state index contributed by atoms with van der Waals surface area (Å²) in [6.07, 6.45) is 2.86. The van der Waals surface area contributed by atoms with Gasteiger partial charge in [-0.25, -0.2) is 0 Å². The first-order chi connectivity index (χ1) is 8.37. The molecule has 18 heavy (non-hydrogen) atoms. The fourth-order valence-corrected chi connectivity index (χ4v) is 2.71. The molecule has 0 saturated heterocycles. The van der Waals surface area contributed by atoms with Crippen LogP contribution >= 0.6 is 15.9 Å². The summed E-state index contributed by atoms with van der Waals surface area (Å²) in [4.78, 5) is 0. The zero-order chi connectivity index (χ0) is 13.3. The molecule has 0 amide bonds. The van der Waals surface area contributed by atoms with E-state index in [4.69, 9.17) is 4.42 Å². The highest BCUT2D eigenvalue weighted by Crippen LogP contribution is 2.29. The Morgan fingerprint density at radius 3 is 2.67 bits per heavy atom. The lowest BCUT2D eigenvalue weighted by Crippen LogP contribution is -2.37. The van der Waals surface area contributed by atoms with Crippen LogP contribution in [-0.2, 0) is 6.42 Å². The molecule has 2 nitrogen and oxygen atoms in total. The van der Waals surface area contributed by atoms with Crippen LogP contribution in [0, 0.1) is 6.92 Å². The van der Waals surface area contributed by atoms with Crippen LogP contribution in [0.25, 0.3) is 11.0 Å². The number of hydrogen-bond donors (Lipinski definition) is 1. The van der Waals surface area contributed by atoms with Crippen LogP contribution in [0.15, 0.2) is 27.3 Å². The summed E-state index contributed by atoms with van der Waals surface area (Å²) in [5.74, 6) is 0. The maximum atomic E-state index is 5.64. The topological polar surface area (TPSA) is 25.2 Å². The maximum Gasteiger partial charge on any atom is 0.148 e. The summed E-state index contributed by atoms with van der Waals surface area (Å²) >= 11 is 3.55. The lowest BCUT2D eigenvalue weighted by molar-refractivity contribution is 0.429. The lowest BCUT2D eigenvalue weighted by atomic mass is 10.1. The number of benzene rings is 1. The number of halogens is 1. The van der Waals surface area contributed by atoms with Crippen molar-refractivity contribution < 1.29 is 4.42 Å². The van der Waals surface area contributed by atoms with Gasteiger partial charge in [0.25, 0.3) is 0 Å². The SMILES string of the molecule is Cc1cc(Br)c2occ(CCNC(C)(C)C)c2c1. The number of furan rings is 1. The number of nitrogens with one attached hydrogen (secondary N) is 1. The Morgan fingerprint density at radius 1 is 1.28 bits per heavy atom. The average molecular weight is 310 g/mol. The Labute approximate surface area is 117 Å². The van der Waals surface area contributed by atoms with E-state index in [9.17, 15) is 0 Å². The van der Waals surface area contributed by atoms with Crippen LogP contribution < -0.4 is 5.32 Å². The van der Waals surface area contributed by atoms with Crippen LogP contribution in [0.3, 0.4) is 0 Å². The third-order valence-corrected chi connectivity index (χ3v) is 3.49. The molecule has 0 bridgehead atoms. The number of aryl methyl sites for hydroxylation is 1. The Kier molecular flexibility index (Phi) is 3.83. The van der Waals surface area contributed by atoms with Crippen LogP contribution in [-0.4, -0.2) is 12.1 Å². The fourth-order valence-electron chi connectivity index (χ4n) is 2.05. The molecule has 0 atom stereocenters. The molecule has 98 valence electrons. The number of hydrogen-bond acceptors (Lipinski definition) is 2. The molecule has 0 spiro atoms. The normalized spacial score (nSPS) is 12.3. The van der Waals surface area contributed by atoms with Crippen LogP contribution in [0.4, 0.5) is 0 Å². The molecule has 1 aromatic carbocycles. The zero-order valence-electron chi connectivity index (χ0n) is 11.4. The van der Waals surface area contributed by atoms with Gasteiger partial charge in [0, 0.05) is 10.9 Å². The van der Waals surface area contributed by atoms with Gasteiger partial charge >= 0.3 is 0 Å². The van der Waals surface area contributed by atoms with Crippen molar-refractivity contribution in [3.05, 3.63) is 34.0 Å². The quantitative estimate of drug-likeness (QED) is 0.907. The van der Waals surface area contributed by atoms with E-state index >= 15 is 0 Å². The van der Waals surface area contributed by atoms with E-state index < -0.39 is 0 Å². The van der Waals surface area contributed by atoms with Gasteiger partial charge in [0.2, 0.25) is 0 Å². The Morgan fingerprint density at radius 2 is 2.00 bits per heavy atom. The molecular formula is C15H20BrNO. The predicted octanol–water partition coefficient (Wildman–Crippen LogP) is 4.43. The first-order valence-electron chi connectivity index (χ1n) is 6.28. The van der Waals surface area contributed by atoms with Gasteiger partial charge in [-0.15, -0.1) is 0 Å². The maximum absolute atomic E-state index is 5.64. The smallest absolute Gasteiger partial charge is 0.148 e. The van der Waals surface area contributed by atoms with Gasteiger partial charge < -0.3 is 9.73 Å². The van der Waals surface area contributed by atoms with E-state index in [-0.39, 0.29) is 5.54 Å². The first-order valence-corrected chi connectivity index (χ1v) is 7.07. The highest BCUT2D eigenvalue weighted by Gasteiger charge is 2.12. The van der Waals surface area contributed by atoms with E-state index in [1.165, 1.54) is 16.5 Å². The van der Waals surface area contributed by atoms with Gasteiger partial charge in [0.15, 0.2) is 0 Å². The summed E-state index contributed by atoms with van der Waals surface area (Å²) in [5, 5.41) is 4.72. The highest BCUT2D eigenvalue weighted by atomic mass is 79.9. The van der Waals surface area contributed by atoms with Crippen molar-refractivity contribution in [2.45, 2.75) is 39.7 Å². The van der Waals surface area contributed by atoms with Crippen LogP contribution in [0.1, 0.15) is 31.9 Å². The molecule has 3 heteroatoms. The van der Waals surface area contributed by atoms with Crippen molar-refractivity contribution in [1.29, 1.82) is 0 Å². The second-order valence-corrected chi connectivity index (χ2v) is 6.67. The van der Waals surface area contributed by atoms with E-state index in [0.717, 1.165) is 23.0 Å². The molecule has 0 aliphatic heterocycles. The number of fused-ring (bicyclic) bond motifs is 1. The van der Waals surface area contributed by atoms with Gasteiger partial charge in [0.05, 0.1) is 10.7 Å². The first kappa shape index (κ1) is 13.6. The summed E-state index contributed by atoms with van der Waals surface area (Å²) in [6, 6.07) is 4.28. The van der Waals surface area contributed by atoms with Crippen LogP contribution in [0.5, 0.6) is 0 Å². The third kappa shape index (κ3) is 3.15. The molecule has 1 aromatic heterocycles. The molecule has 1 N–H and O–H groups in total. The van der Waals surface area contributed by atoms with E-state index in [1.807, 2.05) is 6.26 Å². The molecular weight excluding hydrogens is 290 g/mol. The Hall–Kier alpha value is -0.800. The standard InChI is InChI=1S/C15H20BrNO/c1-10-7-12-11(5-6-17-15(2,3)4)9-18-14(12)13(16)8-10/h7-9,17H,5-6H2,1-4H3. The molecule has 2 rings (SSSR count). The minimum Gasteiger partial charge on any atom is -0.463 e. The van der Waals surface area contributed by atoms with Crippen molar-refractivity contribution in [2.75, 3.05) is 6.54 Å². The van der Waals surface area contributed by atoms with Crippen molar-refractivity contribution in [3.8, 4) is 0 Å². The molecule has 0 radical (unpaired) electrons. The summed E-state index contributed by atoms with van der Waals surface area (Å²) in [5.41, 5.74) is 3.63. The van der Waals surface area contributed by atoms with Crippen LogP contribution in [0.2, 0.25) is 0 Å². The Bertz CT molecular complexity index is 551. The Balaban J connectivity index is 2.19. The summed E-state index contributed by atoms with van der Waals surface area (Å²) in [7, 11) is 0. The van der Waals surface area contributed by atoms with Crippen molar-refractivity contribution in [1.82, 2.24) is 5.32 Å². The van der Waals surface area contributed by atoms with E-state index in [1.54, 1.807) is 0 Å². The average Bonchev–Trinajstić information content (AvgIpc) is 2.60. The fraction of sp³-hybridized carbons (Fsp3) is 0.467. The number of rotatable bonds is 3. The van der Waals surface area contributed by atoms with Crippen molar-refractivity contribution in [3.63, 3.8) is 0 Å². The van der Waals surface area contributed by atoms with E-state index in [0.29, 0.717) is 0 Å².